The molecule has 0 N–H and O–H groups in total. The molecule has 16 heavy (non-hydrogen) atoms. The molecule has 0 saturated carbocycles. The fourth-order valence-corrected chi connectivity index (χ4v) is 1.22. The number of Topliss-reactive ketones (excluding diaryl/α,β-unsaturated/α-hetero) is 1. The smallest absolute Gasteiger partial charge is 0.190 e. The summed E-state index contributed by atoms with van der Waals surface area (Å²) in [7, 11) is 0. The number of rotatable bonds is 5. The molecule has 0 saturated heterocycles. The molecule has 0 aliphatic carbocycles. The topological polar surface area (TPSA) is 26.3 Å². The summed E-state index contributed by atoms with van der Waals surface area (Å²) in [5.74, 6) is -2.45. The van der Waals surface area contributed by atoms with Gasteiger partial charge in [0.25, 0.3) is 0 Å². The molecule has 88 valence electrons. The van der Waals surface area contributed by atoms with Crippen molar-refractivity contribution >= 4 is 5.78 Å². The van der Waals surface area contributed by atoms with Crippen LogP contribution in [0.15, 0.2) is 12.1 Å². The lowest BCUT2D eigenvalue weighted by atomic mass is 10.1. The molecule has 0 bridgehead atoms. The normalized spacial score (nSPS) is 10.2. The number of unbranched alkanes of at least 4 members (excludes halogenated alkanes) is 1. The first-order valence-corrected chi connectivity index (χ1v) is 5.19. The quantitative estimate of drug-likeness (QED) is 0.570. The SMILES string of the molecule is CCCCOc1c(F)cc(C(C)=O)cc1F. The number of carbonyl (C=O) groups excluding carboxylic acids is 1. The van der Waals surface area contributed by atoms with Crippen molar-refractivity contribution in [2.45, 2.75) is 26.7 Å². The Balaban J connectivity index is 2.89. The van der Waals surface area contributed by atoms with Gasteiger partial charge in [-0.2, -0.15) is 0 Å². The molecule has 0 atom stereocenters. The van der Waals surface area contributed by atoms with Gasteiger partial charge in [-0.3, -0.25) is 4.79 Å². The van der Waals surface area contributed by atoms with E-state index in [2.05, 4.69) is 0 Å². The fraction of sp³-hybridized carbons (Fsp3) is 0.417. The van der Waals surface area contributed by atoms with Crippen LogP contribution in [0.2, 0.25) is 0 Å². The summed E-state index contributed by atoms with van der Waals surface area (Å²) in [6.45, 7) is 3.48. The molecule has 0 aliphatic rings. The van der Waals surface area contributed by atoms with E-state index in [1.807, 2.05) is 6.92 Å². The van der Waals surface area contributed by atoms with Gasteiger partial charge in [-0.05, 0) is 25.5 Å². The van der Waals surface area contributed by atoms with Crippen LogP contribution in [0.25, 0.3) is 0 Å². The average Bonchev–Trinajstić information content (AvgIpc) is 2.21. The Labute approximate surface area is 93.2 Å². The highest BCUT2D eigenvalue weighted by molar-refractivity contribution is 5.94. The van der Waals surface area contributed by atoms with Crippen molar-refractivity contribution in [2.75, 3.05) is 6.61 Å². The monoisotopic (exact) mass is 228 g/mol. The Hall–Kier alpha value is -1.45. The predicted molar refractivity (Wildman–Crippen MR) is 56.8 cm³/mol. The van der Waals surface area contributed by atoms with E-state index in [1.54, 1.807) is 0 Å². The van der Waals surface area contributed by atoms with Gasteiger partial charge in [-0.1, -0.05) is 13.3 Å². The lowest BCUT2D eigenvalue weighted by Crippen LogP contribution is -2.03. The highest BCUT2D eigenvalue weighted by atomic mass is 19.1. The molecule has 0 spiro atoms. The minimum atomic E-state index is -0.832. The highest BCUT2D eigenvalue weighted by Crippen LogP contribution is 2.23. The van der Waals surface area contributed by atoms with Crippen LogP contribution in [0.4, 0.5) is 8.78 Å². The maximum Gasteiger partial charge on any atom is 0.190 e. The van der Waals surface area contributed by atoms with Gasteiger partial charge >= 0.3 is 0 Å². The van der Waals surface area contributed by atoms with Crippen molar-refractivity contribution in [1.29, 1.82) is 0 Å². The lowest BCUT2D eigenvalue weighted by Gasteiger charge is -2.08. The van der Waals surface area contributed by atoms with E-state index in [-0.39, 0.29) is 18.0 Å². The summed E-state index contributed by atoms with van der Waals surface area (Å²) in [6.07, 6.45) is 1.61. The van der Waals surface area contributed by atoms with Gasteiger partial charge in [0.1, 0.15) is 0 Å². The van der Waals surface area contributed by atoms with E-state index in [0.29, 0.717) is 0 Å². The molecule has 1 rings (SSSR count). The second-order valence-corrected chi connectivity index (χ2v) is 3.53. The molecule has 2 nitrogen and oxygen atoms in total. The Morgan fingerprint density at radius 1 is 1.31 bits per heavy atom. The van der Waals surface area contributed by atoms with E-state index < -0.39 is 17.4 Å². The lowest BCUT2D eigenvalue weighted by molar-refractivity contribution is 0.101. The van der Waals surface area contributed by atoms with Gasteiger partial charge in [0.05, 0.1) is 6.61 Å². The van der Waals surface area contributed by atoms with Crippen molar-refractivity contribution < 1.29 is 18.3 Å². The Morgan fingerprint density at radius 2 is 1.88 bits per heavy atom. The van der Waals surface area contributed by atoms with Crippen LogP contribution in [0, 0.1) is 11.6 Å². The third kappa shape index (κ3) is 3.02. The van der Waals surface area contributed by atoms with Gasteiger partial charge < -0.3 is 4.74 Å². The number of hydrogen-bond donors (Lipinski definition) is 0. The number of ketones is 1. The Kier molecular flexibility index (Phi) is 4.40. The second kappa shape index (κ2) is 5.58. The summed E-state index contributed by atoms with van der Waals surface area (Å²) in [4.78, 5) is 10.9. The maximum absolute atomic E-state index is 13.4. The molecule has 1 aromatic rings. The van der Waals surface area contributed by atoms with E-state index in [0.717, 1.165) is 25.0 Å². The third-order valence-corrected chi connectivity index (χ3v) is 2.15. The van der Waals surface area contributed by atoms with Crippen molar-refractivity contribution in [3.8, 4) is 5.75 Å². The van der Waals surface area contributed by atoms with Crippen LogP contribution < -0.4 is 4.74 Å². The number of hydrogen-bond acceptors (Lipinski definition) is 2. The standard InChI is InChI=1S/C12H14F2O2/c1-3-4-5-16-12-10(13)6-9(8(2)15)7-11(12)14/h6-7H,3-5H2,1-2H3. The van der Waals surface area contributed by atoms with Crippen LogP contribution in [-0.4, -0.2) is 12.4 Å². The van der Waals surface area contributed by atoms with Crippen molar-refractivity contribution in [3.63, 3.8) is 0 Å². The van der Waals surface area contributed by atoms with Crippen LogP contribution in [-0.2, 0) is 0 Å². The van der Waals surface area contributed by atoms with Crippen LogP contribution in [0.5, 0.6) is 5.75 Å². The van der Waals surface area contributed by atoms with Crippen molar-refractivity contribution in [1.82, 2.24) is 0 Å². The van der Waals surface area contributed by atoms with Gasteiger partial charge in [0.15, 0.2) is 23.2 Å². The van der Waals surface area contributed by atoms with Gasteiger partial charge in [0.2, 0.25) is 0 Å². The third-order valence-electron chi connectivity index (χ3n) is 2.15. The van der Waals surface area contributed by atoms with Gasteiger partial charge in [-0.25, -0.2) is 8.78 Å². The summed E-state index contributed by atoms with van der Waals surface area (Å²) in [5.41, 5.74) is 0.0119. The van der Waals surface area contributed by atoms with E-state index >= 15 is 0 Å². The van der Waals surface area contributed by atoms with Gasteiger partial charge in [0, 0.05) is 5.56 Å². The average molecular weight is 228 g/mol. The first kappa shape index (κ1) is 12.6. The molecule has 0 fully saturated rings. The van der Waals surface area contributed by atoms with Crippen LogP contribution in [0.3, 0.4) is 0 Å². The maximum atomic E-state index is 13.4. The van der Waals surface area contributed by atoms with E-state index in [4.69, 9.17) is 4.74 Å². The van der Waals surface area contributed by atoms with Crippen molar-refractivity contribution in [3.05, 3.63) is 29.3 Å². The minimum Gasteiger partial charge on any atom is -0.488 e. The summed E-state index contributed by atoms with van der Waals surface area (Å²) in [5, 5.41) is 0. The molecule has 0 aliphatic heterocycles. The Bertz CT molecular complexity index is 366. The minimum absolute atomic E-state index is 0.0119. The molecule has 0 unspecified atom stereocenters. The zero-order valence-corrected chi connectivity index (χ0v) is 9.35. The number of halogens is 2. The summed E-state index contributed by atoms with van der Waals surface area (Å²) in [6, 6.07) is 1.99. The predicted octanol–water partition coefficient (Wildman–Crippen LogP) is 3.35. The molecule has 4 heteroatoms. The first-order chi connectivity index (χ1) is 7.56. The summed E-state index contributed by atoms with van der Waals surface area (Å²) < 4.78 is 31.7. The molecule has 0 heterocycles. The molecular formula is C12H14F2O2. The molecule has 0 aromatic heterocycles. The fourth-order valence-electron chi connectivity index (χ4n) is 1.22. The molecule has 1 aromatic carbocycles. The summed E-state index contributed by atoms with van der Waals surface area (Å²) >= 11 is 0. The van der Waals surface area contributed by atoms with E-state index in [1.165, 1.54) is 6.92 Å². The van der Waals surface area contributed by atoms with Crippen LogP contribution in [0.1, 0.15) is 37.0 Å². The molecule has 0 amide bonds. The van der Waals surface area contributed by atoms with Crippen molar-refractivity contribution in [2.24, 2.45) is 0 Å². The number of carbonyl (C=O) groups is 1. The second-order valence-electron chi connectivity index (χ2n) is 3.53. The highest BCUT2D eigenvalue weighted by Gasteiger charge is 2.14. The van der Waals surface area contributed by atoms with E-state index in [9.17, 15) is 13.6 Å². The molecular weight excluding hydrogens is 214 g/mol. The van der Waals surface area contributed by atoms with Crippen LogP contribution >= 0.6 is 0 Å². The zero-order valence-electron chi connectivity index (χ0n) is 9.35. The van der Waals surface area contributed by atoms with Gasteiger partial charge in [-0.15, -0.1) is 0 Å². The largest absolute Gasteiger partial charge is 0.488 e. The molecule has 0 radical (unpaired) electrons. The zero-order chi connectivity index (χ0) is 12.1. The number of ether oxygens (including phenoxy) is 1. The first-order valence-electron chi connectivity index (χ1n) is 5.19. The Morgan fingerprint density at radius 3 is 2.31 bits per heavy atom. The number of benzene rings is 1.